The van der Waals surface area contributed by atoms with E-state index in [0.29, 0.717) is 0 Å². The fourth-order valence-electron chi connectivity index (χ4n) is 3.84. The number of nitrogens with zero attached hydrogens (tertiary/aromatic N) is 3. The second-order valence-electron chi connectivity index (χ2n) is 7.27. The van der Waals surface area contributed by atoms with Gasteiger partial charge >= 0.3 is 0 Å². The number of pyridine rings is 1. The van der Waals surface area contributed by atoms with Gasteiger partial charge in [-0.3, -0.25) is 9.69 Å². The van der Waals surface area contributed by atoms with Crippen LogP contribution in [0.4, 0.5) is 0 Å². The lowest BCUT2D eigenvalue weighted by molar-refractivity contribution is -0.130. The number of benzene rings is 1. The molecule has 0 unspecified atom stereocenters. The van der Waals surface area contributed by atoms with Crippen molar-refractivity contribution in [2.24, 2.45) is 0 Å². The monoisotopic (exact) mass is 362 g/mol. The van der Waals surface area contributed by atoms with Crippen LogP contribution in [0.5, 0.6) is 0 Å². The molecule has 5 nitrogen and oxygen atoms in total. The number of aromatic amines is 1. The van der Waals surface area contributed by atoms with Crippen LogP contribution in [0.2, 0.25) is 0 Å². The molecule has 0 radical (unpaired) electrons. The zero-order valence-corrected chi connectivity index (χ0v) is 16.0. The van der Waals surface area contributed by atoms with Crippen molar-refractivity contribution >= 4 is 16.9 Å². The molecule has 3 heterocycles. The van der Waals surface area contributed by atoms with Gasteiger partial charge in [0.1, 0.15) is 5.65 Å². The van der Waals surface area contributed by atoms with Gasteiger partial charge in [-0.25, -0.2) is 4.98 Å². The molecule has 1 aromatic carbocycles. The standard InChI is InChI=1S/C22H26N4O/c1-3-18-13-23-22-21(18)12-20(14-24-22)19-6-4-5-17(11-19)15-25-7-9-26(10-8-25)16(2)27/h4-6,11-14H,3,7-10,15H2,1-2H3,(H,23,24). The molecule has 1 fully saturated rings. The molecular formula is C22H26N4O. The van der Waals surface area contributed by atoms with Gasteiger partial charge in [0, 0.05) is 63.0 Å². The smallest absolute Gasteiger partial charge is 0.219 e. The van der Waals surface area contributed by atoms with Gasteiger partial charge in [0.15, 0.2) is 0 Å². The SMILES string of the molecule is CCc1c[nH]c2ncc(-c3cccc(CN4CCN(C(C)=O)CC4)c3)cc12. The van der Waals surface area contributed by atoms with Gasteiger partial charge in [-0.2, -0.15) is 0 Å². The van der Waals surface area contributed by atoms with Crippen LogP contribution in [0.1, 0.15) is 25.0 Å². The number of hydrogen-bond acceptors (Lipinski definition) is 3. The quantitative estimate of drug-likeness (QED) is 0.773. The first-order valence-electron chi connectivity index (χ1n) is 9.67. The highest BCUT2D eigenvalue weighted by Gasteiger charge is 2.18. The summed E-state index contributed by atoms with van der Waals surface area (Å²) >= 11 is 0. The van der Waals surface area contributed by atoms with E-state index in [1.54, 1.807) is 6.92 Å². The zero-order valence-electron chi connectivity index (χ0n) is 16.0. The summed E-state index contributed by atoms with van der Waals surface area (Å²) in [5.41, 5.74) is 5.91. The molecule has 1 aliphatic heterocycles. The molecular weight excluding hydrogens is 336 g/mol. The Bertz CT molecular complexity index is 954. The average Bonchev–Trinajstić information content (AvgIpc) is 3.11. The van der Waals surface area contributed by atoms with Gasteiger partial charge in [-0.1, -0.05) is 25.1 Å². The number of H-pyrrole nitrogens is 1. The number of carbonyl (C=O) groups is 1. The molecule has 0 saturated carbocycles. The predicted octanol–water partition coefficient (Wildman–Crippen LogP) is 3.46. The molecule has 5 heteroatoms. The number of amides is 1. The summed E-state index contributed by atoms with van der Waals surface area (Å²) in [5.74, 6) is 0.177. The van der Waals surface area contributed by atoms with E-state index in [1.807, 2.05) is 11.1 Å². The Balaban J connectivity index is 1.52. The number of nitrogens with one attached hydrogen (secondary N) is 1. The molecule has 0 atom stereocenters. The molecule has 1 saturated heterocycles. The fourth-order valence-corrected chi connectivity index (χ4v) is 3.84. The van der Waals surface area contributed by atoms with Crippen molar-refractivity contribution in [3.8, 4) is 11.1 Å². The van der Waals surface area contributed by atoms with Gasteiger partial charge in [0.2, 0.25) is 5.91 Å². The molecule has 0 spiro atoms. The molecule has 4 rings (SSSR count). The second-order valence-corrected chi connectivity index (χ2v) is 7.27. The van der Waals surface area contributed by atoms with Crippen molar-refractivity contribution in [1.82, 2.24) is 19.8 Å². The van der Waals surface area contributed by atoms with Crippen molar-refractivity contribution < 1.29 is 4.79 Å². The zero-order chi connectivity index (χ0) is 18.8. The van der Waals surface area contributed by atoms with Gasteiger partial charge in [0.05, 0.1) is 0 Å². The number of aryl methyl sites for hydroxylation is 1. The molecule has 0 aliphatic carbocycles. The highest BCUT2D eigenvalue weighted by atomic mass is 16.2. The van der Waals surface area contributed by atoms with E-state index >= 15 is 0 Å². The number of carbonyl (C=O) groups excluding carboxylic acids is 1. The molecule has 140 valence electrons. The van der Waals surface area contributed by atoms with Gasteiger partial charge < -0.3 is 9.88 Å². The third-order valence-electron chi connectivity index (χ3n) is 5.48. The van der Waals surface area contributed by atoms with E-state index in [0.717, 1.165) is 50.4 Å². The second kappa shape index (κ2) is 7.53. The maximum Gasteiger partial charge on any atom is 0.219 e. The number of fused-ring (bicyclic) bond motifs is 1. The summed E-state index contributed by atoms with van der Waals surface area (Å²) in [6, 6.07) is 11.0. The summed E-state index contributed by atoms with van der Waals surface area (Å²) < 4.78 is 0. The lowest BCUT2D eigenvalue weighted by atomic mass is 10.0. The minimum Gasteiger partial charge on any atom is -0.346 e. The third-order valence-corrected chi connectivity index (χ3v) is 5.48. The van der Waals surface area contributed by atoms with Gasteiger partial charge in [-0.15, -0.1) is 0 Å². The Morgan fingerprint density at radius 2 is 1.96 bits per heavy atom. The summed E-state index contributed by atoms with van der Waals surface area (Å²) in [5, 5.41) is 1.21. The molecule has 27 heavy (non-hydrogen) atoms. The van der Waals surface area contributed by atoms with Crippen LogP contribution in [0.3, 0.4) is 0 Å². The molecule has 1 aliphatic rings. The largest absolute Gasteiger partial charge is 0.346 e. The van der Waals surface area contributed by atoms with Crippen LogP contribution in [-0.2, 0) is 17.8 Å². The first-order chi connectivity index (χ1) is 13.1. The first-order valence-corrected chi connectivity index (χ1v) is 9.67. The van der Waals surface area contributed by atoms with E-state index in [2.05, 4.69) is 58.3 Å². The van der Waals surface area contributed by atoms with Crippen molar-refractivity contribution in [3.63, 3.8) is 0 Å². The summed E-state index contributed by atoms with van der Waals surface area (Å²) in [6.07, 6.45) is 5.00. The van der Waals surface area contributed by atoms with Crippen molar-refractivity contribution in [1.29, 1.82) is 0 Å². The number of rotatable bonds is 4. The van der Waals surface area contributed by atoms with Crippen LogP contribution in [0.25, 0.3) is 22.2 Å². The Morgan fingerprint density at radius 3 is 2.70 bits per heavy atom. The topological polar surface area (TPSA) is 52.2 Å². The Morgan fingerprint density at radius 1 is 1.15 bits per heavy atom. The molecule has 1 N–H and O–H groups in total. The van der Waals surface area contributed by atoms with E-state index < -0.39 is 0 Å². The number of piperazine rings is 1. The molecule has 0 bridgehead atoms. The van der Waals surface area contributed by atoms with Crippen molar-refractivity contribution in [3.05, 3.63) is 53.9 Å². The predicted molar refractivity (Wildman–Crippen MR) is 108 cm³/mol. The van der Waals surface area contributed by atoms with E-state index in [4.69, 9.17) is 0 Å². The lowest BCUT2D eigenvalue weighted by Crippen LogP contribution is -2.47. The minimum absolute atomic E-state index is 0.177. The van der Waals surface area contributed by atoms with E-state index in [9.17, 15) is 4.79 Å². The highest BCUT2D eigenvalue weighted by Crippen LogP contribution is 2.26. The Labute approximate surface area is 160 Å². The van der Waals surface area contributed by atoms with Crippen LogP contribution in [-0.4, -0.2) is 51.9 Å². The van der Waals surface area contributed by atoms with E-state index in [1.165, 1.54) is 22.1 Å². The van der Waals surface area contributed by atoms with E-state index in [-0.39, 0.29) is 5.91 Å². The summed E-state index contributed by atoms with van der Waals surface area (Å²) in [6.45, 7) is 8.24. The maximum atomic E-state index is 11.5. The van der Waals surface area contributed by atoms with Crippen LogP contribution >= 0.6 is 0 Å². The van der Waals surface area contributed by atoms with Crippen molar-refractivity contribution in [2.45, 2.75) is 26.8 Å². The third kappa shape index (κ3) is 3.74. The first kappa shape index (κ1) is 17.7. The van der Waals surface area contributed by atoms with Gasteiger partial charge in [-0.05, 0) is 35.2 Å². The normalized spacial score (nSPS) is 15.4. The van der Waals surface area contributed by atoms with Crippen LogP contribution in [0.15, 0.2) is 42.7 Å². The van der Waals surface area contributed by atoms with Crippen LogP contribution in [0, 0.1) is 0 Å². The molecule has 3 aromatic rings. The Kier molecular flexibility index (Phi) is 4.94. The van der Waals surface area contributed by atoms with Gasteiger partial charge in [0.25, 0.3) is 0 Å². The maximum absolute atomic E-state index is 11.5. The average molecular weight is 362 g/mol. The fraction of sp³-hybridized carbons (Fsp3) is 0.364. The minimum atomic E-state index is 0.177. The number of hydrogen-bond donors (Lipinski definition) is 1. The van der Waals surface area contributed by atoms with Crippen LogP contribution < -0.4 is 0 Å². The summed E-state index contributed by atoms with van der Waals surface area (Å²) in [7, 11) is 0. The Hall–Kier alpha value is -2.66. The van der Waals surface area contributed by atoms with Crippen molar-refractivity contribution in [2.75, 3.05) is 26.2 Å². The highest BCUT2D eigenvalue weighted by molar-refractivity contribution is 5.84. The number of aromatic nitrogens is 2. The lowest BCUT2D eigenvalue weighted by Gasteiger charge is -2.34. The summed E-state index contributed by atoms with van der Waals surface area (Å²) in [4.78, 5) is 23.7. The molecule has 2 aromatic heterocycles. The molecule has 1 amide bonds.